The first-order valence-corrected chi connectivity index (χ1v) is 11.7. The Labute approximate surface area is 190 Å². The maximum absolute atomic E-state index is 12.8. The van der Waals surface area contributed by atoms with Crippen LogP contribution in [0.25, 0.3) is 10.8 Å². The average Bonchev–Trinajstić information content (AvgIpc) is 3.09. The van der Waals surface area contributed by atoms with Crippen LogP contribution in [-0.4, -0.2) is 68.0 Å². The van der Waals surface area contributed by atoms with Crippen LogP contribution in [0, 0.1) is 0 Å². The van der Waals surface area contributed by atoms with Crippen molar-refractivity contribution in [3.63, 3.8) is 0 Å². The predicted octanol–water partition coefficient (Wildman–Crippen LogP) is 1.14. The van der Waals surface area contributed by atoms with E-state index in [1.54, 1.807) is 24.3 Å². The second kappa shape index (κ2) is 9.72. The van der Waals surface area contributed by atoms with Gasteiger partial charge in [0.15, 0.2) is 0 Å². The zero-order valence-corrected chi connectivity index (χ0v) is 18.7. The number of hydrogen-bond donors (Lipinski definition) is 4. The molecule has 0 aliphatic carbocycles. The van der Waals surface area contributed by atoms with Crippen LogP contribution in [0.15, 0.2) is 41.3 Å². The van der Waals surface area contributed by atoms with Crippen LogP contribution in [0.4, 0.5) is 4.79 Å². The fourth-order valence-electron chi connectivity index (χ4n) is 3.46. The molecule has 32 heavy (non-hydrogen) atoms. The Morgan fingerprint density at radius 2 is 1.81 bits per heavy atom. The largest absolute Gasteiger partial charge is 0.465 e. The van der Waals surface area contributed by atoms with Crippen molar-refractivity contribution in [1.29, 1.82) is 0 Å². The highest BCUT2D eigenvalue weighted by Gasteiger charge is 2.39. The lowest BCUT2D eigenvalue weighted by atomic mass is 10.1. The van der Waals surface area contributed by atoms with Crippen molar-refractivity contribution in [3.8, 4) is 0 Å². The molecule has 1 saturated heterocycles. The monoisotopic (exact) mass is 482 g/mol. The molecular formula is C20H23ClN4O6S. The topological polar surface area (TPSA) is 145 Å². The number of halogens is 1. The minimum Gasteiger partial charge on any atom is -0.465 e. The van der Waals surface area contributed by atoms with E-state index in [0.717, 1.165) is 5.39 Å². The van der Waals surface area contributed by atoms with Gasteiger partial charge in [-0.25, -0.2) is 13.2 Å². The maximum Gasteiger partial charge on any atom is 0.404 e. The van der Waals surface area contributed by atoms with Gasteiger partial charge in [0.05, 0.1) is 4.90 Å². The number of carbonyl (C=O) groups excluding carboxylic acids is 2. The lowest BCUT2D eigenvalue weighted by molar-refractivity contribution is -0.137. The summed E-state index contributed by atoms with van der Waals surface area (Å²) in [5.74, 6) is -0.949. The molecule has 172 valence electrons. The number of amides is 3. The minimum atomic E-state index is -3.97. The van der Waals surface area contributed by atoms with E-state index in [9.17, 15) is 22.8 Å². The van der Waals surface area contributed by atoms with Gasteiger partial charge in [-0.3, -0.25) is 9.59 Å². The van der Waals surface area contributed by atoms with E-state index in [1.165, 1.54) is 24.0 Å². The molecule has 1 fully saturated rings. The highest BCUT2D eigenvalue weighted by Crippen LogP contribution is 2.24. The zero-order chi connectivity index (χ0) is 23.5. The quantitative estimate of drug-likeness (QED) is 0.415. The van der Waals surface area contributed by atoms with E-state index < -0.39 is 40.0 Å². The summed E-state index contributed by atoms with van der Waals surface area (Å²) < 4.78 is 28.1. The molecule has 3 amide bonds. The van der Waals surface area contributed by atoms with E-state index >= 15 is 0 Å². The molecule has 2 aromatic rings. The summed E-state index contributed by atoms with van der Waals surface area (Å²) in [6.07, 6.45) is -0.980. The normalized spacial score (nSPS) is 17.4. The Morgan fingerprint density at radius 3 is 2.53 bits per heavy atom. The third kappa shape index (κ3) is 5.47. The summed E-state index contributed by atoms with van der Waals surface area (Å²) in [6.45, 7) is 1.84. The van der Waals surface area contributed by atoms with Crippen molar-refractivity contribution in [2.75, 3.05) is 19.6 Å². The van der Waals surface area contributed by atoms with E-state index in [1.807, 2.05) is 0 Å². The number of fused-ring (bicyclic) bond motifs is 1. The van der Waals surface area contributed by atoms with Gasteiger partial charge in [0, 0.05) is 24.7 Å². The number of nitrogens with one attached hydrogen (secondary N) is 3. The first-order chi connectivity index (χ1) is 15.1. The van der Waals surface area contributed by atoms with Crippen LogP contribution in [0.1, 0.15) is 13.3 Å². The summed E-state index contributed by atoms with van der Waals surface area (Å²) in [4.78, 5) is 36.7. The zero-order valence-electron chi connectivity index (χ0n) is 17.2. The van der Waals surface area contributed by atoms with E-state index in [-0.39, 0.29) is 31.0 Å². The Bertz CT molecular complexity index is 1160. The Morgan fingerprint density at radius 1 is 1.16 bits per heavy atom. The van der Waals surface area contributed by atoms with Gasteiger partial charge in [-0.05, 0) is 48.4 Å². The Hall–Kier alpha value is -2.89. The van der Waals surface area contributed by atoms with Gasteiger partial charge in [0.1, 0.15) is 12.1 Å². The molecule has 0 aromatic heterocycles. The number of rotatable bonds is 8. The fraction of sp³-hybridized carbons (Fsp3) is 0.350. The number of carboxylic acid groups (broad SMARTS) is 1. The number of benzene rings is 2. The number of hydrogen-bond acceptors (Lipinski definition) is 5. The van der Waals surface area contributed by atoms with Crippen LogP contribution in [-0.2, 0) is 19.6 Å². The molecule has 0 spiro atoms. The molecular weight excluding hydrogens is 460 g/mol. The standard InChI is InChI=1S/C20H23ClN4O6S/c1-12(18(26)22-7-8-23-20(28)29)25-9-6-17(19(25)27)24-32(30,31)16-5-3-13-10-15(21)4-2-14(13)11-16/h2-5,10-12,17,23-24H,6-9H2,1H3,(H,22,26)(H,28,29)/t12-,17-/m0/s1. The van der Waals surface area contributed by atoms with Crippen molar-refractivity contribution in [2.45, 2.75) is 30.3 Å². The Kier molecular flexibility index (Phi) is 7.22. The fourth-order valence-corrected chi connectivity index (χ4v) is 4.90. The molecule has 2 atom stereocenters. The van der Waals surface area contributed by atoms with Gasteiger partial charge in [0.2, 0.25) is 21.8 Å². The lowest BCUT2D eigenvalue weighted by Gasteiger charge is -2.24. The van der Waals surface area contributed by atoms with Crippen molar-refractivity contribution in [3.05, 3.63) is 41.4 Å². The average molecular weight is 483 g/mol. The van der Waals surface area contributed by atoms with Gasteiger partial charge in [0.25, 0.3) is 0 Å². The SMILES string of the molecule is C[C@@H](C(=O)NCCNC(=O)O)N1CC[C@H](NS(=O)(=O)c2ccc3cc(Cl)ccc3c2)C1=O. The third-order valence-electron chi connectivity index (χ3n) is 5.17. The molecule has 12 heteroatoms. The summed E-state index contributed by atoms with van der Waals surface area (Å²) in [5, 5.41) is 15.2. The first-order valence-electron chi connectivity index (χ1n) is 9.85. The molecule has 3 rings (SSSR count). The van der Waals surface area contributed by atoms with E-state index in [2.05, 4.69) is 15.4 Å². The van der Waals surface area contributed by atoms with Gasteiger partial charge >= 0.3 is 6.09 Å². The highest BCUT2D eigenvalue weighted by atomic mass is 35.5. The van der Waals surface area contributed by atoms with Crippen molar-refractivity contribution in [1.82, 2.24) is 20.3 Å². The maximum atomic E-state index is 12.8. The third-order valence-corrected chi connectivity index (χ3v) is 6.87. The number of carbonyl (C=O) groups is 3. The molecule has 10 nitrogen and oxygen atoms in total. The minimum absolute atomic E-state index is 0.0234. The van der Waals surface area contributed by atoms with Gasteiger partial charge < -0.3 is 20.6 Å². The molecule has 4 N–H and O–H groups in total. The van der Waals surface area contributed by atoms with Crippen LogP contribution in [0.3, 0.4) is 0 Å². The second-order valence-electron chi connectivity index (χ2n) is 7.35. The van der Waals surface area contributed by atoms with Crippen LogP contribution < -0.4 is 15.4 Å². The van der Waals surface area contributed by atoms with Crippen molar-refractivity contribution < 1.29 is 27.9 Å². The molecule has 0 unspecified atom stereocenters. The smallest absolute Gasteiger partial charge is 0.404 e. The summed E-state index contributed by atoms with van der Waals surface area (Å²) >= 11 is 5.96. The van der Waals surface area contributed by atoms with Crippen molar-refractivity contribution in [2.24, 2.45) is 0 Å². The molecule has 0 bridgehead atoms. The molecule has 1 aliphatic rings. The second-order valence-corrected chi connectivity index (χ2v) is 9.50. The van der Waals surface area contributed by atoms with Gasteiger partial charge in [-0.2, -0.15) is 4.72 Å². The van der Waals surface area contributed by atoms with Crippen LogP contribution in [0.5, 0.6) is 0 Å². The van der Waals surface area contributed by atoms with Crippen LogP contribution >= 0.6 is 11.6 Å². The van der Waals surface area contributed by atoms with Crippen LogP contribution in [0.2, 0.25) is 5.02 Å². The predicted molar refractivity (Wildman–Crippen MR) is 118 cm³/mol. The first kappa shape index (κ1) is 23.8. The molecule has 1 aliphatic heterocycles. The van der Waals surface area contributed by atoms with Crippen molar-refractivity contribution >= 4 is 50.3 Å². The van der Waals surface area contributed by atoms with Gasteiger partial charge in [-0.1, -0.05) is 23.7 Å². The van der Waals surface area contributed by atoms with E-state index in [0.29, 0.717) is 10.4 Å². The molecule has 2 aromatic carbocycles. The lowest BCUT2D eigenvalue weighted by Crippen LogP contribution is -2.50. The summed E-state index contributed by atoms with van der Waals surface area (Å²) in [6, 6.07) is 7.89. The molecule has 0 saturated carbocycles. The number of nitrogens with zero attached hydrogens (tertiary/aromatic N) is 1. The molecule has 1 heterocycles. The number of sulfonamides is 1. The van der Waals surface area contributed by atoms with E-state index in [4.69, 9.17) is 16.7 Å². The summed E-state index contributed by atoms with van der Waals surface area (Å²) in [5.41, 5.74) is 0. The Balaban J connectivity index is 1.63. The summed E-state index contributed by atoms with van der Waals surface area (Å²) in [7, 11) is -3.97. The van der Waals surface area contributed by atoms with Gasteiger partial charge in [-0.15, -0.1) is 0 Å². The highest BCUT2D eigenvalue weighted by molar-refractivity contribution is 7.89. The molecule has 0 radical (unpaired) electrons. The number of likely N-dealkylation sites (tertiary alicyclic amines) is 1.